The van der Waals surface area contributed by atoms with Crippen LogP contribution in [0.15, 0.2) is 48.5 Å². The van der Waals surface area contributed by atoms with Gasteiger partial charge in [0.25, 0.3) is 0 Å². The Hall–Kier alpha value is -1.30. The zero-order chi connectivity index (χ0) is 12.6. The van der Waals surface area contributed by atoms with E-state index in [4.69, 9.17) is 6.85 Å². The lowest BCUT2D eigenvalue weighted by molar-refractivity contribution is 1.04. The van der Waals surface area contributed by atoms with E-state index in [0.29, 0.717) is 17.2 Å². The third-order valence-electron chi connectivity index (χ3n) is 1.68. The molecule has 1 atom stereocenters. The van der Waals surface area contributed by atoms with Crippen molar-refractivity contribution in [3.63, 3.8) is 0 Å². The van der Waals surface area contributed by atoms with Gasteiger partial charge in [-0.15, -0.1) is 0 Å². The Morgan fingerprint density at radius 3 is 3.17 bits per heavy atom. The van der Waals surface area contributed by atoms with Crippen molar-refractivity contribution in [2.24, 2.45) is 0 Å². The normalized spacial score (nSPS) is 33.0. The molecule has 1 aromatic carbocycles. The highest BCUT2D eigenvalue weighted by atomic mass is 14.0. The van der Waals surface area contributed by atoms with Crippen molar-refractivity contribution in [2.75, 3.05) is 0 Å². The molecule has 1 unspecified atom stereocenters. The van der Waals surface area contributed by atoms with E-state index >= 15 is 0 Å². The number of benzene rings is 1. The molecule has 0 nitrogen and oxygen atoms in total. The second-order valence-electron chi connectivity index (χ2n) is 2.50. The summed E-state index contributed by atoms with van der Waals surface area (Å²) in [6.45, 7) is 0. The maximum atomic E-state index is 7.75. The fourth-order valence-corrected chi connectivity index (χ4v) is 1.09. The average Bonchev–Trinajstić information content (AvgIpc) is 2.26. The molecule has 0 saturated heterocycles. The van der Waals surface area contributed by atoms with E-state index in [2.05, 4.69) is 0 Å². The second-order valence-corrected chi connectivity index (χ2v) is 2.50. The minimum absolute atomic E-state index is 0.210. The molecule has 0 fully saturated rings. The molecule has 1 aliphatic carbocycles. The predicted octanol–water partition coefficient (Wildman–Crippen LogP) is 3.42. The van der Waals surface area contributed by atoms with Crippen LogP contribution in [0.1, 0.15) is 25.2 Å². The molecule has 0 aliphatic heterocycles. The molecule has 0 bridgehead atoms. The highest BCUT2D eigenvalue weighted by molar-refractivity contribution is 5.74. The number of rotatable bonds is 1. The van der Waals surface area contributed by atoms with Gasteiger partial charge in [-0.25, -0.2) is 0 Å². The van der Waals surface area contributed by atoms with Gasteiger partial charge in [-0.05, 0) is 23.9 Å². The van der Waals surface area contributed by atoms with Gasteiger partial charge in [0.2, 0.25) is 0 Å². The fourth-order valence-electron chi connectivity index (χ4n) is 1.09. The molecule has 1 aromatic rings. The Bertz CT molecular complexity index is 501. The fraction of sp³-hybridized carbons (Fsp3) is 0.167. The van der Waals surface area contributed by atoms with Crippen LogP contribution in [0.25, 0.3) is 5.57 Å². The smallest absolute Gasteiger partial charge is 0.0629 e. The first-order valence-corrected chi connectivity index (χ1v) is 3.82. The van der Waals surface area contributed by atoms with Crippen LogP contribution in [-0.2, 0) is 0 Å². The van der Waals surface area contributed by atoms with Crippen LogP contribution >= 0.6 is 0 Å². The molecule has 0 heterocycles. The molecule has 12 heavy (non-hydrogen) atoms. The second kappa shape index (κ2) is 3.40. The van der Waals surface area contributed by atoms with Crippen molar-refractivity contribution in [3.8, 4) is 0 Å². The van der Waals surface area contributed by atoms with E-state index in [0.717, 1.165) is 0 Å². The lowest BCUT2D eigenvalue weighted by Crippen LogP contribution is -1.84. The summed E-state index contributed by atoms with van der Waals surface area (Å²) in [6, 6.07) is 7.02. The molecule has 0 aromatic heterocycles. The van der Waals surface area contributed by atoms with Crippen molar-refractivity contribution in [1.82, 2.24) is 0 Å². The first-order valence-electron chi connectivity index (χ1n) is 6.39. The molecule has 0 saturated carbocycles. The summed E-state index contributed by atoms with van der Waals surface area (Å²) < 4.78 is 38.2. The van der Waals surface area contributed by atoms with Crippen molar-refractivity contribution in [2.45, 2.75) is 12.8 Å². The third kappa shape index (κ3) is 1.48. The summed E-state index contributed by atoms with van der Waals surface area (Å²) in [5.41, 5.74) is 1.21. The summed E-state index contributed by atoms with van der Waals surface area (Å²) in [5, 5.41) is 0. The van der Waals surface area contributed by atoms with Crippen molar-refractivity contribution < 1.29 is 6.85 Å². The molecule has 2 rings (SSSR count). The van der Waals surface area contributed by atoms with Crippen molar-refractivity contribution in [1.29, 1.82) is 0 Å². The van der Waals surface area contributed by atoms with Crippen LogP contribution in [0.5, 0.6) is 0 Å². The van der Waals surface area contributed by atoms with Crippen molar-refractivity contribution in [3.05, 3.63) is 54.1 Å². The molecule has 60 valence electrons. The van der Waals surface area contributed by atoms with E-state index in [1.807, 2.05) is 0 Å². The van der Waals surface area contributed by atoms with E-state index in [1.165, 1.54) is 12.2 Å². The minimum atomic E-state index is -1.94. The molecular weight excluding hydrogens is 144 g/mol. The highest BCUT2D eigenvalue weighted by Gasteiger charge is 1.98. The maximum absolute atomic E-state index is 7.75. The van der Waals surface area contributed by atoms with Gasteiger partial charge in [-0.2, -0.15) is 0 Å². The summed E-state index contributed by atoms with van der Waals surface area (Å²) in [4.78, 5) is 0. The molecule has 0 N–H and O–H groups in total. The van der Waals surface area contributed by atoms with Gasteiger partial charge in [-0.1, -0.05) is 48.5 Å². The van der Waals surface area contributed by atoms with Gasteiger partial charge in [-0.3, -0.25) is 0 Å². The van der Waals surface area contributed by atoms with Gasteiger partial charge in [0.05, 0.1) is 2.74 Å². The van der Waals surface area contributed by atoms with Crippen LogP contribution in [-0.4, -0.2) is 0 Å². The summed E-state index contributed by atoms with van der Waals surface area (Å²) in [6.07, 6.45) is -0.181. The zero-order valence-corrected chi connectivity index (χ0v) is 6.54. The number of allylic oxidation sites excluding steroid dienone is 4. The lowest BCUT2D eigenvalue weighted by Gasteiger charge is -2.05. The highest BCUT2D eigenvalue weighted by Crippen LogP contribution is 2.20. The monoisotopic (exact) mass is 161 g/mol. The molecule has 0 heteroatoms. The van der Waals surface area contributed by atoms with Gasteiger partial charge in [0.1, 0.15) is 0 Å². The summed E-state index contributed by atoms with van der Waals surface area (Å²) >= 11 is 0. The topological polar surface area (TPSA) is 0 Å². The molecule has 0 radical (unpaired) electrons. The number of hydrogen-bond acceptors (Lipinski definition) is 0. The van der Waals surface area contributed by atoms with Gasteiger partial charge in [0.15, 0.2) is 0 Å². The molecule has 0 amide bonds. The lowest BCUT2D eigenvalue weighted by atomic mass is 10.00. The van der Waals surface area contributed by atoms with Crippen LogP contribution in [0.3, 0.4) is 0 Å². The zero-order valence-electron chi connectivity index (χ0n) is 11.5. The SMILES string of the molecule is [2H]C1=CC(c2ccccc2[2H])=CC([2H])C1([2H])[2H]. The Morgan fingerprint density at radius 1 is 1.33 bits per heavy atom. The molecular formula is C12H12. The standard InChI is InChI=1S/C12H12/c1-3-7-11(8-4-1)12-9-5-2-6-10-12/h1,3-5,7-10H,2,6H2/i2D2,5D,6D,7D. The average molecular weight is 161 g/mol. The van der Waals surface area contributed by atoms with E-state index in [1.54, 1.807) is 24.3 Å². The Labute approximate surface area is 80.3 Å². The minimum Gasteiger partial charge on any atom is -0.0836 e. The maximum Gasteiger partial charge on any atom is 0.0629 e. The predicted molar refractivity (Wildman–Crippen MR) is 52.8 cm³/mol. The third-order valence-corrected chi connectivity index (χ3v) is 1.68. The molecule has 0 spiro atoms. The summed E-state index contributed by atoms with van der Waals surface area (Å²) in [5.74, 6) is 0. The Balaban J connectivity index is 2.47. The molecule has 1 aliphatic rings. The van der Waals surface area contributed by atoms with E-state index in [9.17, 15) is 0 Å². The van der Waals surface area contributed by atoms with Crippen LogP contribution in [0.4, 0.5) is 0 Å². The van der Waals surface area contributed by atoms with Gasteiger partial charge in [0, 0.05) is 4.11 Å². The largest absolute Gasteiger partial charge is 0.0836 e. The van der Waals surface area contributed by atoms with Crippen molar-refractivity contribution >= 4 is 5.57 Å². The van der Waals surface area contributed by atoms with Gasteiger partial charge < -0.3 is 0 Å². The summed E-state index contributed by atoms with van der Waals surface area (Å²) in [7, 11) is 0. The van der Waals surface area contributed by atoms with Crippen LogP contribution < -0.4 is 0 Å². The Morgan fingerprint density at radius 2 is 2.33 bits per heavy atom. The van der Waals surface area contributed by atoms with Crippen LogP contribution in [0.2, 0.25) is 0 Å². The quantitative estimate of drug-likeness (QED) is 0.592. The van der Waals surface area contributed by atoms with Crippen LogP contribution in [0, 0.1) is 0 Å². The first-order chi connectivity index (χ1) is 7.93. The van der Waals surface area contributed by atoms with Gasteiger partial charge >= 0.3 is 0 Å². The number of hydrogen-bond donors (Lipinski definition) is 0. The van der Waals surface area contributed by atoms with E-state index in [-0.39, 0.29) is 6.05 Å². The first kappa shape index (κ1) is 3.61. The Kier molecular flexibility index (Phi) is 1.02. The van der Waals surface area contributed by atoms with E-state index < -0.39 is 12.8 Å².